The van der Waals surface area contributed by atoms with Gasteiger partial charge in [-0.25, -0.2) is 4.39 Å². The first-order chi connectivity index (χ1) is 11.7. The van der Waals surface area contributed by atoms with Crippen LogP contribution in [0.5, 0.6) is 0 Å². The quantitative estimate of drug-likeness (QED) is 0.745. The number of anilines is 1. The van der Waals surface area contributed by atoms with E-state index in [1.165, 1.54) is 6.07 Å². The highest BCUT2D eigenvalue weighted by molar-refractivity contribution is 6.01. The lowest BCUT2D eigenvalue weighted by Crippen LogP contribution is -2.20. The molecular weight excluding hydrogens is 305 g/mol. The Morgan fingerprint density at radius 2 is 1.96 bits per heavy atom. The van der Waals surface area contributed by atoms with Crippen molar-refractivity contribution in [3.8, 4) is 11.1 Å². The van der Waals surface area contributed by atoms with Crippen LogP contribution in [0.3, 0.4) is 0 Å². The minimum Gasteiger partial charge on any atom is -0.308 e. The zero-order valence-electron chi connectivity index (χ0n) is 13.2. The number of nitrogens with zero attached hydrogens (tertiary/aromatic N) is 1. The van der Waals surface area contributed by atoms with E-state index in [9.17, 15) is 9.18 Å². The molecule has 0 bridgehead atoms. The van der Waals surface area contributed by atoms with Crippen molar-refractivity contribution in [3.63, 3.8) is 0 Å². The van der Waals surface area contributed by atoms with Gasteiger partial charge in [0, 0.05) is 16.9 Å². The van der Waals surface area contributed by atoms with E-state index in [4.69, 9.17) is 0 Å². The van der Waals surface area contributed by atoms with Crippen LogP contribution in [0.1, 0.15) is 25.7 Å². The van der Waals surface area contributed by atoms with Gasteiger partial charge in [0.15, 0.2) is 5.82 Å². The number of hydrogen-bond acceptors (Lipinski definition) is 2. The number of halogens is 1. The summed E-state index contributed by atoms with van der Waals surface area (Å²) in [7, 11) is 0. The Kier molecular flexibility index (Phi) is 3.76. The summed E-state index contributed by atoms with van der Waals surface area (Å²) in [5.41, 5.74) is 2.10. The second-order valence-electron chi connectivity index (χ2n) is 6.28. The van der Waals surface area contributed by atoms with Gasteiger partial charge < -0.3 is 5.32 Å². The molecule has 1 saturated carbocycles. The Bertz CT molecular complexity index is 897. The predicted octanol–water partition coefficient (Wildman–Crippen LogP) is 4.50. The highest BCUT2D eigenvalue weighted by Crippen LogP contribution is 2.30. The van der Waals surface area contributed by atoms with Gasteiger partial charge in [0.05, 0.1) is 5.52 Å². The van der Waals surface area contributed by atoms with Crippen LogP contribution in [0, 0.1) is 11.7 Å². The minimum absolute atomic E-state index is 0.0408. The van der Waals surface area contributed by atoms with Crippen molar-refractivity contribution in [2.45, 2.75) is 25.7 Å². The van der Waals surface area contributed by atoms with Crippen LogP contribution < -0.4 is 5.32 Å². The number of H-pyrrole nitrogens is 1. The van der Waals surface area contributed by atoms with Gasteiger partial charge in [-0.3, -0.25) is 9.89 Å². The molecule has 1 aromatic heterocycles. The molecule has 122 valence electrons. The number of hydrogen-bond donors (Lipinski definition) is 2. The topological polar surface area (TPSA) is 57.8 Å². The summed E-state index contributed by atoms with van der Waals surface area (Å²) in [6.07, 6.45) is 4.13. The SMILES string of the molecule is O=C(Nc1n[nH]c2cc(-c3ccccc3F)ccc12)C1CCCC1. The smallest absolute Gasteiger partial charge is 0.228 e. The first-order valence-electron chi connectivity index (χ1n) is 8.26. The van der Waals surface area contributed by atoms with Crippen LogP contribution in [0.15, 0.2) is 42.5 Å². The zero-order valence-corrected chi connectivity index (χ0v) is 13.2. The van der Waals surface area contributed by atoms with Crippen molar-refractivity contribution in [1.82, 2.24) is 10.2 Å². The van der Waals surface area contributed by atoms with E-state index in [-0.39, 0.29) is 17.6 Å². The van der Waals surface area contributed by atoms with Gasteiger partial charge in [0.25, 0.3) is 0 Å². The molecule has 2 N–H and O–H groups in total. The van der Waals surface area contributed by atoms with Gasteiger partial charge in [-0.2, -0.15) is 5.10 Å². The van der Waals surface area contributed by atoms with Crippen molar-refractivity contribution in [3.05, 3.63) is 48.3 Å². The average molecular weight is 323 g/mol. The number of nitrogens with one attached hydrogen (secondary N) is 2. The summed E-state index contributed by atoms with van der Waals surface area (Å²) >= 11 is 0. The fourth-order valence-corrected chi connectivity index (χ4v) is 3.38. The van der Waals surface area contributed by atoms with Gasteiger partial charge >= 0.3 is 0 Å². The third kappa shape index (κ3) is 2.66. The van der Waals surface area contributed by atoms with Crippen LogP contribution in [0.2, 0.25) is 0 Å². The highest BCUT2D eigenvalue weighted by atomic mass is 19.1. The number of aromatic nitrogens is 2. The van der Waals surface area contributed by atoms with Crippen LogP contribution in [0.25, 0.3) is 22.0 Å². The molecule has 1 fully saturated rings. The van der Waals surface area contributed by atoms with Gasteiger partial charge in [-0.15, -0.1) is 0 Å². The standard InChI is InChI=1S/C19H18FN3O/c20-16-8-4-3-7-14(16)13-9-10-15-17(11-13)22-23-18(15)21-19(24)12-5-1-2-6-12/h3-4,7-12H,1-2,5-6H2,(H2,21,22,23,24). The fraction of sp³-hybridized carbons (Fsp3) is 0.263. The molecular formula is C19H18FN3O. The molecule has 1 aliphatic carbocycles. The average Bonchev–Trinajstić information content (AvgIpc) is 3.25. The van der Waals surface area contributed by atoms with Crippen LogP contribution in [0.4, 0.5) is 10.2 Å². The monoisotopic (exact) mass is 323 g/mol. The number of benzene rings is 2. The lowest BCUT2D eigenvalue weighted by Gasteiger charge is -2.08. The largest absolute Gasteiger partial charge is 0.308 e. The van der Waals surface area contributed by atoms with Crippen molar-refractivity contribution in [2.75, 3.05) is 5.32 Å². The fourth-order valence-electron chi connectivity index (χ4n) is 3.38. The summed E-state index contributed by atoms with van der Waals surface area (Å²) in [6, 6.07) is 12.2. The Labute approximate surface area is 139 Å². The minimum atomic E-state index is -0.258. The maximum Gasteiger partial charge on any atom is 0.228 e. The van der Waals surface area contributed by atoms with Crippen molar-refractivity contribution in [1.29, 1.82) is 0 Å². The van der Waals surface area contributed by atoms with E-state index in [0.29, 0.717) is 11.4 Å². The normalized spacial score (nSPS) is 15.0. The first-order valence-corrected chi connectivity index (χ1v) is 8.26. The maximum atomic E-state index is 13.9. The molecule has 24 heavy (non-hydrogen) atoms. The molecule has 0 saturated heterocycles. The molecule has 3 aromatic rings. The number of carbonyl (C=O) groups excluding carboxylic acids is 1. The number of aromatic amines is 1. The lowest BCUT2D eigenvalue weighted by molar-refractivity contribution is -0.119. The Morgan fingerprint density at radius 1 is 1.17 bits per heavy atom. The predicted molar refractivity (Wildman–Crippen MR) is 92.1 cm³/mol. The van der Waals surface area contributed by atoms with E-state index >= 15 is 0 Å². The number of carbonyl (C=O) groups is 1. The van der Waals surface area contributed by atoms with E-state index in [2.05, 4.69) is 15.5 Å². The van der Waals surface area contributed by atoms with Crippen LogP contribution in [-0.4, -0.2) is 16.1 Å². The molecule has 1 amide bonds. The number of amides is 1. The number of rotatable bonds is 3. The van der Waals surface area contributed by atoms with Crippen LogP contribution >= 0.6 is 0 Å². The molecule has 0 aliphatic heterocycles. The molecule has 0 radical (unpaired) electrons. The second-order valence-corrected chi connectivity index (χ2v) is 6.28. The Hall–Kier alpha value is -2.69. The Balaban J connectivity index is 1.63. The van der Waals surface area contributed by atoms with Crippen molar-refractivity contribution < 1.29 is 9.18 Å². The highest BCUT2D eigenvalue weighted by Gasteiger charge is 2.23. The third-order valence-corrected chi connectivity index (χ3v) is 4.72. The molecule has 0 atom stereocenters. The van der Waals surface area contributed by atoms with E-state index < -0.39 is 0 Å². The molecule has 1 heterocycles. The van der Waals surface area contributed by atoms with Gasteiger partial charge in [0.2, 0.25) is 5.91 Å². The molecule has 1 aliphatic rings. The molecule has 5 heteroatoms. The molecule has 4 rings (SSSR count). The van der Waals surface area contributed by atoms with Crippen LogP contribution in [-0.2, 0) is 4.79 Å². The Morgan fingerprint density at radius 3 is 2.75 bits per heavy atom. The van der Waals surface area contributed by atoms with E-state index in [1.54, 1.807) is 12.1 Å². The third-order valence-electron chi connectivity index (χ3n) is 4.72. The van der Waals surface area contributed by atoms with Crippen molar-refractivity contribution >= 4 is 22.6 Å². The molecule has 2 aromatic carbocycles. The summed E-state index contributed by atoms with van der Waals surface area (Å²) in [6.45, 7) is 0. The summed E-state index contributed by atoms with van der Waals surface area (Å²) in [5.74, 6) is 0.418. The molecule has 0 spiro atoms. The second kappa shape index (κ2) is 6.07. The van der Waals surface area contributed by atoms with E-state index in [1.807, 2.05) is 24.3 Å². The lowest BCUT2D eigenvalue weighted by atomic mass is 10.0. The van der Waals surface area contributed by atoms with Crippen molar-refractivity contribution in [2.24, 2.45) is 5.92 Å². The first kappa shape index (κ1) is 14.9. The summed E-state index contributed by atoms with van der Waals surface area (Å²) in [5, 5.41) is 10.9. The van der Waals surface area contributed by atoms with Gasteiger partial charge in [-0.05, 0) is 36.6 Å². The summed E-state index contributed by atoms with van der Waals surface area (Å²) in [4.78, 5) is 12.3. The molecule has 0 unspecified atom stereocenters. The summed E-state index contributed by atoms with van der Waals surface area (Å²) < 4.78 is 13.9. The maximum absolute atomic E-state index is 13.9. The molecule has 4 nitrogen and oxygen atoms in total. The van der Waals surface area contributed by atoms with Gasteiger partial charge in [-0.1, -0.05) is 37.1 Å². The van der Waals surface area contributed by atoms with Gasteiger partial charge in [0.1, 0.15) is 5.82 Å². The van der Waals surface area contributed by atoms with E-state index in [0.717, 1.165) is 42.1 Å². The zero-order chi connectivity index (χ0) is 16.5. The number of fused-ring (bicyclic) bond motifs is 1.